The molecule has 5 heteroatoms. The molecule has 0 bridgehead atoms. The van der Waals surface area contributed by atoms with Crippen molar-refractivity contribution < 1.29 is 13.2 Å². The Morgan fingerprint density at radius 3 is 2.33 bits per heavy atom. The fraction of sp³-hybridized carbons (Fsp3) is 0.500. The molecular weight excluding hydrogens is 439 g/mol. The van der Waals surface area contributed by atoms with E-state index in [0.29, 0.717) is 6.54 Å². The highest BCUT2D eigenvalue weighted by atomic mass is 32.2. The third kappa shape index (κ3) is 19.3. The predicted molar refractivity (Wildman–Crippen MR) is 144 cm³/mol. The van der Waals surface area contributed by atoms with Gasteiger partial charge in [-0.3, -0.25) is 0 Å². The van der Waals surface area contributed by atoms with Crippen LogP contribution in [0.2, 0.25) is 0 Å². The number of alkyl halides is 3. The van der Waals surface area contributed by atoms with E-state index >= 15 is 0 Å². The third-order valence-corrected chi connectivity index (χ3v) is 5.30. The van der Waals surface area contributed by atoms with Crippen molar-refractivity contribution in [3.8, 4) is 0 Å². The van der Waals surface area contributed by atoms with Crippen LogP contribution in [0.25, 0.3) is 0 Å². The summed E-state index contributed by atoms with van der Waals surface area (Å²) in [6, 6.07) is 8.82. The molecule has 1 rings (SSSR count). The molecule has 0 saturated carbocycles. The summed E-state index contributed by atoms with van der Waals surface area (Å²) < 4.78 is 37.6. The van der Waals surface area contributed by atoms with Gasteiger partial charge in [-0.1, -0.05) is 87.1 Å². The Labute approximate surface area is 205 Å². The summed E-state index contributed by atoms with van der Waals surface area (Å²) in [5.74, 6) is 2.42. The molecule has 0 radical (unpaired) electrons. The van der Waals surface area contributed by atoms with Gasteiger partial charge in [-0.2, -0.15) is 24.9 Å². The minimum atomic E-state index is -4.31. The van der Waals surface area contributed by atoms with Gasteiger partial charge in [0, 0.05) is 25.5 Å². The average molecular weight is 484 g/mol. The number of hydrogen-bond acceptors (Lipinski definition) is 2. The van der Waals surface area contributed by atoms with Crippen LogP contribution >= 0.6 is 11.8 Å². The van der Waals surface area contributed by atoms with Crippen LogP contribution in [0.5, 0.6) is 0 Å². The van der Waals surface area contributed by atoms with Crippen molar-refractivity contribution in [3.63, 3.8) is 0 Å². The molecule has 0 aliphatic heterocycles. The van der Waals surface area contributed by atoms with Gasteiger partial charge in [-0.15, -0.1) is 0 Å². The Balaban J connectivity index is 0. The van der Waals surface area contributed by atoms with Crippen molar-refractivity contribution in [3.05, 3.63) is 83.6 Å². The van der Waals surface area contributed by atoms with Crippen LogP contribution in [0.1, 0.15) is 58.6 Å². The van der Waals surface area contributed by atoms with Gasteiger partial charge in [0.05, 0.1) is 5.57 Å². The quantitative estimate of drug-likeness (QED) is 0.175. The Bertz CT molecular complexity index is 718. The molecule has 0 aliphatic carbocycles. The van der Waals surface area contributed by atoms with Crippen LogP contribution in [-0.4, -0.2) is 36.2 Å². The maximum absolute atomic E-state index is 12.5. The van der Waals surface area contributed by atoms with Crippen molar-refractivity contribution in [1.29, 1.82) is 0 Å². The summed E-state index contributed by atoms with van der Waals surface area (Å²) in [6.45, 7) is 15.9. The first-order valence-corrected chi connectivity index (χ1v) is 12.8. The normalized spacial score (nSPS) is 11.6. The third-order valence-electron chi connectivity index (χ3n) is 4.29. The first-order valence-electron chi connectivity index (χ1n) is 11.7. The highest BCUT2D eigenvalue weighted by Gasteiger charge is 2.31. The number of benzene rings is 1. The maximum atomic E-state index is 12.5. The topological polar surface area (TPSA) is 3.24 Å². The Morgan fingerprint density at radius 1 is 1.15 bits per heavy atom. The molecule has 0 amide bonds. The molecule has 0 aromatic heterocycles. The number of aryl methyl sites for hydroxylation is 2. The van der Waals surface area contributed by atoms with Crippen LogP contribution in [0.4, 0.5) is 13.2 Å². The number of thioether (sulfide) groups is 1. The largest absolute Gasteiger partial charge is 0.417 e. The van der Waals surface area contributed by atoms with E-state index in [0.717, 1.165) is 30.0 Å². The lowest BCUT2D eigenvalue weighted by molar-refractivity contribution is -0.0891. The number of hydrogen-bond donors (Lipinski definition) is 0. The van der Waals surface area contributed by atoms with Crippen molar-refractivity contribution in [2.45, 2.75) is 67.0 Å². The first kappa shape index (κ1) is 33.3. The van der Waals surface area contributed by atoms with Gasteiger partial charge in [-0.25, -0.2) is 0 Å². The van der Waals surface area contributed by atoms with E-state index in [1.165, 1.54) is 40.7 Å². The van der Waals surface area contributed by atoms with E-state index in [1.54, 1.807) is 14.0 Å². The van der Waals surface area contributed by atoms with Gasteiger partial charge >= 0.3 is 6.18 Å². The van der Waals surface area contributed by atoms with Gasteiger partial charge in [0.1, 0.15) is 0 Å². The highest BCUT2D eigenvalue weighted by molar-refractivity contribution is 7.99. The molecule has 0 saturated heterocycles. The highest BCUT2D eigenvalue weighted by Crippen LogP contribution is 2.26. The molecule has 0 aliphatic rings. The molecule has 188 valence electrons. The number of nitrogens with zero attached hydrogens (tertiary/aromatic N) is 1. The monoisotopic (exact) mass is 483 g/mol. The van der Waals surface area contributed by atoms with Gasteiger partial charge in [0.15, 0.2) is 0 Å². The van der Waals surface area contributed by atoms with Crippen LogP contribution in [-0.2, 0) is 6.42 Å². The lowest BCUT2D eigenvalue weighted by atomic mass is 10.1. The van der Waals surface area contributed by atoms with Crippen molar-refractivity contribution >= 4 is 11.8 Å². The summed E-state index contributed by atoms with van der Waals surface area (Å²) >= 11 is 2.01. The number of rotatable bonds is 11. The van der Waals surface area contributed by atoms with E-state index in [-0.39, 0.29) is 0 Å². The number of allylic oxidation sites excluding steroid dienone is 4. The van der Waals surface area contributed by atoms with Crippen LogP contribution in [0, 0.1) is 6.92 Å². The van der Waals surface area contributed by atoms with Crippen molar-refractivity contribution in [2.75, 3.05) is 25.1 Å². The number of halogens is 3. The summed E-state index contributed by atoms with van der Waals surface area (Å²) in [5.41, 5.74) is 3.10. The first-order chi connectivity index (χ1) is 15.6. The van der Waals surface area contributed by atoms with Gasteiger partial charge in [-0.05, 0) is 51.3 Å². The molecule has 0 spiro atoms. The average Bonchev–Trinajstić information content (AvgIpc) is 2.77. The second-order valence-corrected chi connectivity index (χ2v) is 8.49. The van der Waals surface area contributed by atoms with Crippen molar-refractivity contribution in [2.24, 2.45) is 0 Å². The van der Waals surface area contributed by atoms with E-state index in [2.05, 4.69) is 56.8 Å². The standard InChI is InChI=1S/C14H20S.C12H18F3N.C2H6/c1-3-4-10-15-11-6-9-14-8-5-7-13(2)12-14;1-5-7-11(12(13,14)15)9-16(4)8-10(3)6-2;1-2/h3-5,7-8,12H,6,9-11H2,1-2H3;5,7,9H,3,6,8H2,1-2,4H3;1-2H3/b4-3-;7-5-,11-9+;. The molecule has 0 N–H and O–H groups in total. The smallest absolute Gasteiger partial charge is 0.376 e. The Morgan fingerprint density at radius 2 is 1.82 bits per heavy atom. The summed E-state index contributed by atoms with van der Waals surface area (Å²) in [7, 11) is 1.61. The second-order valence-electron chi connectivity index (χ2n) is 7.34. The van der Waals surface area contributed by atoms with Gasteiger partial charge < -0.3 is 4.90 Å². The van der Waals surface area contributed by atoms with Crippen LogP contribution in [0.15, 0.2) is 72.5 Å². The fourth-order valence-electron chi connectivity index (χ4n) is 2.63. The van der Waals surface area contributed by atoms with E-state index in [4.69, 9.17) is 0 Å². The molecular formula is C28H44F3NS. The van der Waals surface area contributed by atoms with Crippen LogP contribution < -0.4 is 0 Å². The van der Waals surface area contributed by atoms with E-state index in [9.17, 15) is 13.2 Å². The lowest BCUT2D eigenvalue weighted by Crippen LogP contribution is -2.19. The molecule has 33 heavy (non-hydrogen) atoms. The number of likely N-dealkylation sites (N-methyl/N-ethyl adjacent to an activating group) is 1. The van der Waals surface area contributed by atoms with Crippen LogP contribution in [0.3, 0.4) is 0 Å². The molecule has 1 aromatic carbocycles. The molecule has 0 atom stereocenters. The summed E-state index contributed by atoms with van der Waals surface area (Å²) in [4.78, 5) is 1.49. The predicted octanol–water partition coefficient (Wildman–Crippen LogP) is 9.17. The SMILES string of the molecule is C/C=C\CSCCCc1cccc(C)c1.C=C(CC)CN(C)/C=C(\C=C/C)C(F)(F)F.CC. The molecule has 0 unspecified atom stereocenters. The molecule has 1 aromatic rings. The minimum Gasteiger partial charge on any atom is -0.376 e. The zero-order chi connectivity index (χ0) is 25.7. The van der Waals surface area contributed by atoms with Gasteiger partial charge in [0.25, 0.3) is 0 Å². The van der Waals surface area contributed by atoms with E-state index in [1.807, 2.05) is 32.5 Å². The minimum absolute atomic E-state index is 0.438. The maximum Gasteiger partial charge on any atom is 0.417 e. The fourth-order valence-corrected chi connectivity index (χ4v) is 3.48. The second kappa shape index (κ2) is 20.7. The summed E-state index contributed by atoms with van der Waals surface area (Å²) in [5, 5.41) is 0. The zero-order valence-corrected chi connectivity index (χ0v) is 22.5. The Hall–Kier alpha value is -1.88. The zero-order valence-electron chi connectivity index (χ0n) is 21.6. The molecule has 1 nitrogen and oxygen atoms in total. The van der Waals surface area contributed by atoms with Gasteiger partial charge in [0.2, 0.25) is 0 Å². The molecule has 0 fully saturated rings. The lowest BCUT2D eigenvalue weighted by Gasteiger charge is -2.18. The molecule has 0 heterocycles. The van der Waals surface area contributed by atoms with E-state index < -0.39 is 11.7 Å². The summed E-state index contributed by atoms with van der Waals surface area (Å²) in [6.07, 6.45) is 6.83. The Kier molecular flexibility index (Phi) is 20.9. The van der Waals surface area contributed by atoms with Crippen molar-refractivity contribution in [1.82, 2.24) is 4.90 Å².